The third-order valence-corrected chi connectivity index (χ3v) is 9.95. The van der Waals surface area contributed by atoms with E-state index in [1.807, 2.05) is 0 Å². The first-order valence-electron chi connectivity index (χ1n) is 10.2. The van der Waals surface area contributed by atoms with Gasteiger partial charge >= 0.3 is 5.97 Å². The molecule has 2 saturated carbocycles. The topological polar surface area (TPSA) is 104 Å². The molecule has 0 aromatic heterocycles. The first kappa shape index (κ1) is 21.3. The van der Waals surface area contributed by atoms with E-state index < -0.39 is 11.9 Å². The standard InChI is InChI=1S/C23H18Br2N2O5/c24-18-14-9-15(19(18)25)17-16(14)21(29)27(22(17)30)13-6-4-10(5-7-13)20(28)26-12-3-1-2-11(8-12)23(31)32/h1-8,14-19H,9H2,(H,26,28)(H,31,32)/t14-,15-,16-,17-,18-,19+/m1/s1. The number of nitrogens with one attached hydrogen (secondary N) is 1. The number of rotatable bonds is 4. The van der Waals surface area contributed by atoms with E-state index in [9.17, 15) is 19.2 Å². The number of carboxylic acid groups (broad SMARTS) is 1. The van der Waals surface area contributed by atoms with Crippen LogP contribution in [0.5, 0.6) is 0 Å². The normalized spacial score (nSPS) is 30.5. The number of anilines is 2. The zero-order chi connectivity index (χ0) is 22.7. The number of aromatic carboxylic acids is 1. The lowest BCUT2D eigenvalue weighted by molar-refractivity contribution is -0.123. The zero-order valence-corrected chi connectivity index (χ0v) is 19.7. The van der Waals surface area contributed by atoms with Crippen LogP contribution in [0.15, 0.2) is 48.5 Å². The number of carbonyl (C=O) groups excluding carboxylic acids is 3. The van der Waals surface area contributed by atoms with Crippen LogP contribution in [0.3, 0.4) is 0 Å². The molecule has 1 saturated heterocycles. The number of nitrogens with zero attached hydrogens (tertiary/aromatic N) is 1. The van der Waals surface area contributed by atoms with Gasteiger partial charge in [-0.1, -0.05) is 37.9 Å². The number of alkyl halides is 2. The van der Waals surface area contributed by atoms with Gasteiger partial charge in [-0.25, -0.2) is 4.79 Å². The Hall–Kier alpha value is -2.52. The predicted molar refractivity (Wildman–Crippen MR) is 124 cm³/mol. The summed E-state index contributed by atoms with van der Waals surface area (Å²) in [5, 5.41) is 11.7. The molecule has 2 aromatic carbocycles. The molecule has 2 bridgehead atoms. The van der Waals surface area contributed by atoms with E-state index in [2.05, 4.69) is 37.2 Å². The minimum absolute atomic E-state index is 0.0696. The molecule has 3 aliphatic rings. The average Bonchev–Trinajstić information content (AvgIpc) is 3.39. The van der Waals surface area contributed by atoms with Crippen LogP contribution < -0.4 is 10.2 Å². The van der Waals surface area contributed by atoms with E-state index in [1.54, 1.807) is 36.4 Å². The van der Waals surface area contributed by atoms with Gasteiger partial charge in [-0.3, -0.25) is 19.3 Å². The Morgan fingerprint density at radius 3 is 2.06 bits per heavy atom. The van der Waals surface area contributed by atoms with E-state index in [0.717, 1.165) is 6.42 Å². The summed E-state index contributed by atoms with van der Waals surface area (Å²) in [6.07, 6.45) is 0.870. The summed E-state index contributed by atoms with van der Waals surface area (Å²) in [6.45, 7) is 0. The maximum atomic E-state index is 13.1. The van der Waals surface area contributed by atoms with Gasteiger partial charge in [0.15, 0.2) is 0 Å². The van der Waals surface area contributed by atoms with Crippen LogP contribution in [0, 0.1) is 23.7 Å². The molecule has 5 rings (SSSR count). The molecule has 32 heavy (non-hydrogen) atoms. The highest BCUT2D eigenvalue weighted by molar-refractivity contribution is 9.12. The van der Waals surface area contributed by atoms with Gasteiger partial charge in [0.2, 0.25) is 11.8 Å². The Morgan fingerprint density at radius 1 is 0.906 bits per heavy atom. The molecular formula is C23H18Br2N2O5. The van der Waals surface area contributed by atoms with Crippen LogP contribution in [0.1, 0.15) is 27.1 Å². The predicted octanol–water partition coefficient (Wildman–Crippen LogP) is 3.92. The number of imide groups is 1. The van der Waals surface area contributed by atoms with E-state index in [0.29, 0.717) is 16.9 Å². The highest BCUT2D eigenvalue weighted by atomic mass is 79.9. The molecule has 2 aromatic rings. The van der Waals surface area contributed by atoms with E-state index >= 15 is 0 Å². The zero-order valence-electron chi connectivity index (χ0n) is 16.6. The Bertz CT molecular complexity index is 1120. The van der Waals surface area contributed by atoms with Gasteiger partial charge in [-0.15, -0.1) is 0 Å². The smallest absolute Gasteiger partial charge is 0.335 e. The van der Waals surface area contributed by atoms with Gasteiger partial charge in [0, 0.05) is 20.9 Å². The second kappa shape index (κ2) is 7.81. The fourth-order valence-electron chi connectivity index (χ4n) is 5.30. The van der Waals surface area contributed by atoms with Crippen molar-refractivity contribution < 1.29 is 24.3 Å². The number of hydrogen-bond donors (Lipinski definition) is 2. The highest BCUT2D eigenvalue weighted by Crippen LogP contribution is 2.60. The molecule has 6 atom stereocenters. The van der Waals surface area contributed by atoms with Gasteiger partial charge in [-0.05, 0) is 60.7 Å². The molecule has 2 aliphatic carbocycles. The van der Waals surface area contributed by atoms with Crippen LogP contribution in [0.25, 0.3) is 0 Å². The van der Waals surface area contributed by atoms with Crippen molar-refractivity contribution in [1.29, 1.82) is 0 Å². The maximum absolute atomic E-state index is 13.1. The maximum Gasteiger partial charge on any atom is 0.335 e. The number of carboxylic acids is 1. The van der Waals surface area contributed by atoms with Gasteiger partial charge in [-0.2, -0.15) is 0 Å². The molecule has 9 heteroatoms. The van der Waals surface area contributed by atoms with Crippen molar-refractivity contribution in [2.24, 2.45) is 23.7 Å². The van der Waals surface area contributed by atoms with Crippen molar-refractivity contribution in [2.75, 3.05) is 10.2 Å². The van der Waals surface area contributed by atoms with Crippen LogP contribution >= 0.6 is 31.9 Å². The van der Waals surface area contributed by atoms with Gasteiger partial charge in [0.05, 0.1) is 23.1 Å². The second-order valence-corrected chi connectivity index (χ2v) is 10.5. The van der Waals surface area contributed by atoms with Crippen LogP contribution in [-0.4, -0.2) is 38.5 Å². The average molecular weight is 562 g/mol. The molecule has 3 fully saturated rings. The van der Waals surface area contributed by atoms with E-state index in [1.165, 1.54) is 17.0 Å². The van der Waals surface area contributed by atoms with E-state index in [-0.39, 0.29) is 50.7 Å². The fraction of sp³-hybridized carbons (Fsp3) is 0.304. The number of halogens is 2. The molecule has 164 valence electrons. The highest BCUT2D eigenvalue weighted by Gasteiger charge is 2.66. The molecule has 1 heterocycles. The van der Waals surface area contributed by atoms with Gasteiger partial charge < -0.3 is 10.4 Å². The lowest BCUT2D eigenvalue weighted by atomic mass is 9.81. The third-order valence-electron chi connectivity index (χ3n) is 6.74. The Morgan fingerprint density at radius 2 is 1.50 bits per heavy atom. The minimum Gasteiger partial charge on any atom is -0.478 e. The quantitative estimate of drug-likeness (QED) is 0.435. The van der Waals surface area contributed by atoms with Crippen molar-refractivity contribution in [3.8, 4) is 0 Å². The molecule has 7 nitrogen and oxygen atoms in total. The summed E-state index contributed by atoms with van der Waals surface area (Å²) in [5.74, 6) is -2.15. The van der Waals surface area contributed by atoms with E-state index in [4.69, 9.17) is 5.11 Å². The number of carbonyl (C=O) groups is 4. The largest absolute Gasteiger partial charge is 0.478 e. The summed E-state index contributed by atoms with van der Waals surface area (Å²) in [4.78, 5) is 51.5. The Labute approximate surface area is 200 Å². The van der Waals surface area contributed by atoms with Crippen molar-refractivity contribution in [3.63, 3.8) is 0 Å². The minimum atomic E-state index is -1.08. The molecular weight excluding hydrogens is 544 g/mol. The molecule has 2 N–H and O–H groups in total. The van der Waals surface area contributed by atoms with Crippen LogP contribution in [0.2, 0.25) is 0 Å². The van der Waals surface area contributed by atoms with Crippen LogP contribution in [-0.2, 0) is 9.59 Å². The lowest BCUT2D eigenvalue weighted by Gasteiger charge is -2.28. The van der Waals surface area contributed by atoms with Crippen molar-refractivity contribution in [1.82, 2.24) is 0 Å². The molecule has 0 unspecified atom stereocenters. The lowest BCUT2D eigenvalue weighted by Crippen LogP contribution is -2.37. The molecule has 0 spiro atoms. The summed E-state index contributed by atoms with van der Waals surface area (Å²) in [6, 6.07) is 12.3. The van der Waals surface area contributed by atoms with Crippen LogP contribution in [0.4, 0.5) is 11.4 Å². The molecule has 3 amide bonds. The number of amides is 3. The molecule has 0 radical (unpaired) electrons. The summed E-state index contributed by atoms with van der Waals surface area (Å²) in [7, 11) is 0. The number of fused-ring (bicyclic) bond motifs is 5. The summed E-state index contributed by atoms with van der Waals surface area (Å²) < 4.78 is 0. The van der Waals surface area contributed by atoms with Crippen molar-refractivity contribution in [3.05, 3.63) is 59.7 Å². The Balaban J connectivity index is 1.34. The summed E-state index contributed by atoms with van der Waals surface area (Å²) in [5.41, 5.74) is 1.21. The number of hydrogen-bond acceptors (Lipinski definition) is 4. The Kier molecular flexibility index (Phi) is 5.21. The second-order valence-electron chi connectivity index (χ2n) is 8.40. The SMILES string of the molecule is O=C(O)c1cccc(NC(=O)c2ccc(N3C(=O)[C@@H]4[C@H]5C[C@@H]([C@@H](Br)[C@H]5Br)[C@H]4C3=O)cc2)c1. The van der Waals surface area contributed by atoms with Gasteiger partial charge in [0.1, 0.15) is 0 Å². The first-order valence-corrected chi connectivity index (χ1v) is 12.0. The van der Waals surface area contributed by atoms with Gasteiger partial charge in [0.25, 0.3) is 5.91 Å². The third kappa shape index (κ3) is 3.21. The summed E-state index contributed by atoms with van der Waals surface area (Å²) >= 11 is 7.36. The van der Waals surface area contributed by atoms with Crippen molar-refractivity contribution in [2.45, 2.75) is 16.1 Å². The number of benzene rings is 2. The fourth-order valence-corrected chi connectivity index (χ4v) is 7.17. The monoisotopic (exact) mass is 560 g/mol. The molecule has 1 aliphatic heterocycles. The first-order chi connectivity index (χ1) is 15.3. The van der Waals surface area contributed by atoms with Crippen molar-refractivity contribution >= 4 is 66.9 Å².